The van der Waals surface area contributed by atoms with Gasteiger partial charge in [-0.1, -0.05) is 24.3 Å². The molecule has 1 aliphatic rings. The Bertz CT molecular complexity index is 395. The number of benzene rings is 1. The monoisotopic (exact) mass is 233 g/mol. The fourth-order valence-corrected chi connectivity index (χ4v) is 2.07. The predicted molar refractivity (Wildman–Crippen MR) is 66.4 cm³/mol. The van der Waals surface area contributed by atoms with E-state index in [2.05, 4.69) is 17.0 Å². The van der Waals surface area contributed by atoms with Crippen molar-refractivity contribution < 1.29 is 9.53 Å². The third-order valence-electron chi connectivity index (χ3n) is 2.68. The summed E-state index contributed by atoms with van der Waals surface area (Å²) in [5.74, 6) is -0.148. The Balaban J connectivity index is 1.90. The molecule has 3 nitrogen and oxygen atoms in total. The molecule has 0 N–H and O–H groups in total. The number of carbonyl (C=O) groups is 1. The number of fused-ring (bicyclic) bond motifs is 1. The summed E-state index contributed by atoms with van der Waals surface area (Å²) >= 11 is 0. The van der Waals surface area contributed by atoms with E-state index in [4.69, 9.17) is 4.74 Å². The molecule has 3 heteroatoms. The molecule has 1 heterocycles. The van der Waals surface area contributed by atoms with Gasteiger partial charge >= 0.3 is 5.97 Å². The Hall–Kier alpha value is -1.35. The van der Waals surface area contributed by atoms with Crippen LogP contribution in [0, 0.1) is 0 Å². The van der Waals surface area contributed by atoms with Crippen LogP contribution in [0.25, 0.3) is 0 Å². The zero-order chi connectivity index (χ0) is 12.5. The number of ether oxygens (including phenoxy) is 1. The van der Waals surface area contributed by atoms with Gasteiger partial charge in [-0.05, 0) is 31.9 Å². The number of nitrogens with zero attached hydrogens (tertiary/aromatic N) is 1. The molecule has 1 aromatic carbocycles. The summed E-state index contributed by atoms with van der Waals surface area (Å²) < 4.78 is 5.32. The van der Waals surface area contributed by atoms with Gasteiger partial charge in [0.15, 0.2) is 0 Å². The fraction of sp³-hybridized carbons (Fsp3) is 0.500. The highest BCUT2D eigenvalue weighted by Gasteiger charge is 2.23. The van der Waals surface area contributed by atoms with Gasteiger partial charge in [-0.15, -0.1) is 0 Å². The third-order valence-corrected chi connectivity index (χ3v) is 2.68. The van der Waals surface area contributed by atoms with Gasteiger partial charge in [-0.25, -0.2) is 0 Å². The fourth-order valence-electron chi connectivity index (χ4n) is 2.07. The average molecular weight is 233 g/mol. The molecule has 0 saturated carbocycles. The van der Waals surface area contributed by atoms with Gasteiger partial charge < -0.3 is 4.74 Å². The van der Waals surface area contributed by atoms with E-state index in [-0.39, 0.29) is 5.97 Å². The molecule has 0 fully saturated rings. The molecule has 0 saturated heterocycles. The first-order chi connectivity index (χ1) is 7.94. The molecule has 1 aromatic rings. The largest absolute Gasteiger partial charge is 0.459 e. The van der Waals surface area contributed by atoms with Crippen LogP contribution in [0.3, 0.4) is 0 Å². The zero-order valence-corrected chi connectivity index (χ0v) is 10.7. The van der Waals surface area contributed by atoms with E-state index in [9.17, 15) is 4.79 Å². The van der Waals surface area contributed by atoms with Crippen LogP contribution in [0.2, 0.25) is 0 Å². The molecule has 0 atom stereocenters. The third kappa shape index (κ3) is 3.30. The Morgan fingerprint density at radius 2 is 1.76 bits per heavy atom. The number of carbonyl (C=O) groups excluding carboxylic acids is 1. The average Bonchev–Trinajstić information content (AvgIpc) is 2.55. The van der Waals surface area contributed by atoms with Crippen molar-refractivity contribution >= 4 is 5.97 Å². The number of hydrogen-bond donors (Lipinski definition) is 0. The minimum atomic E-state index is -0.399. The van der Waals surface area contributed by atoms with Gasteiger partial charge in [0, 0.05) is 13.1 Å². The van der Waals surface area contributed by atoms with E-state index in [1.54, 1.807) is 0 Å². The molecule has 0 bridgehead atoms. The van der Waals surface area contributed by atoms with Crippen LogP contribution in [0.15, 0.2) is 24.3 Å². The Morgan fingerprint density at radius 1 is 1.24 bits per heavy atom. The first-order valence-electron chi connectivity index (χ1n) is 5.95. The maximum atomic E-state index is 11.7. The van der Waals surface area contributed by atoms with Gasteiger partial charge in [0.05, 0.1) is 6.54 Å². The Labute approximate surface area is 102 Å². The standard InChI is InChI=1S/C14H19NO2/c1-14(2,3)17-13(16)10-15-8-11-6-4-5-7-12(11)9-15/h4-7H,8-10H2,1-3H3. The summed E-state index contributed by atoms with van der Waals surface area (Å²) in [5, 5.41) is 0. The lowest BCUT2D eigenvalue weighted by atomic mass is 10.1. The molecular weight excluding hydrogens is 214 g/mol. The van der Waals surface area contributed by atoms with Gasteiger partial charge in [-0.2, -0.15) is 0 Å². The molecule has 0 spiro atoms. The second-order valence-corrected chi connectivity index (χ2v) is 5.50. The lowest BCUT2D eigenvalue weighted by molar-refractivity contribution is -0.156. The van der Waals surface area contributed by atoms with Crippen LogP contribution in [0.1, 0.15) is 31.9 Å². The van der Waals surface area contributed by atoms with E-state index in [1.165, 1.54) is 11.1 Å². The lowest BCUT2D eigenvalue weighted by Crippen LogP contribution is -2.32. The molecule has 0 amide bonds. The van der Waals surface area contributed by atoms with E-state index < -0.39 is 5.60 Å². The molecule has 0 unspecified atom stereocenters. The van der Waals surface area contributed by atoms with Crippen molar-refractivity contribution in [3.8, 4) is 0 Å². The maximum Gasteiger partial charge on any atom is 0.320 e. The maximum absolute atomic E-state index is 11.7. The van der Waals surface area contributed by atoms with Crippen molar-refractivity contribution in [2.24, 2.45) is 0 Å². The van der Waals surface area contributed by atoms with Crippen LogP contribution >= 0.6 is 0 Å². The normalized spacial score (nSPS) is 15.7. The van der Waals surface area contributed by atoms with E-state index in [0.717, 1.165) is 13.1 Å². The molecule has 0 aliphatic carbocycles. The van der Waals surface area contributed by atoms with Crippen LogP contribution in [-0.4, -0.2) is 23.0 Å². The van der Waals surface area contributed by atoms with Crippen molar-refractivity contribution in [2.45, 2.75) is 39.5 Å². The van der Waals surface area contributed by atoms with Crippen molar-refractivity contribution in [1.82, 2.24) is 4.90 Å². The number of rotatable bonds is 2. The molecule has 0 aromatic heterocycles. The highest BCUT2D eigenvalue weighted by Crippen LogP contribution is 2.22. The second-order valence-electron chi connectivity index (χ2n) is 5.50. The summed E-state index contributed by atoms with van der Waals surface area (Å²) in [4.78, 5) is 13.8. The predicted octanol–water partition coefficient (Wildman–Crippen LogP) is 2.34. The molecular formula is C14H19NO2. The summed E-state index contributed by atoms with van der Waals surface area (Å²) in [6.45, 7) is 7.73. The molecule has 1 aliphatic heterocycles. The van der Waals surface area contributed by atoms with Crippen LogP contribution < -0.4 is 0 Å². The second kappa shape index (κ2) is 4.49. The smallest absolute Gasteiger partial charge is 0.320 e. The minimum Gasteiger partial charge on any atom is -0.459 e. The van der Waals surface area contributed by atoms with Crippen LogP contribution in [-0.2, 0) is 22.6 Å². The summed E-state index contributed by atoms with van der Waals surface area (Å²) in [5.41, 5.74) is 2.23. The first kappa shape index (κ1) is 12.1. The van der Waals surface area contributed by atoms with E-state index >= 15 is 0 Å². The first-order valence-corrected chi connectivity index (χ1v) is 5.95. The zero-order valence-electron chi connectivity index (χ0n) is 10.7. The van der Waals surface area contributed by atoms with Crippen molar-refractivity contribution in [3.05, 3.63) is 35.4 Å². The van der Waals surface area contributed by atoms with Gasteiger partial charge in [0.25, 0.3) is 0 Å². The van der Waals surface area contributed by atoms with Crippen molar-refractivity contribution in [2.75, 3.05) is 6.54 Å². The van der Waals surface area contributed by atoms with Crippen molar-refractivity contribution in [1.29, 1.82) is 0 Å². The van der Waals surface area contributed by atoms with Gasteiger partial charge in [0.1, 0.15) is 5.60 Å². The molecule has 0 radical (unpaired) electrons. The molecule has 2 rings (SSSR count). The van der Waals surface area contributed by atoms with Gasteiger partial charge in [-0.3, -0.25) is 9.69 Å². The number of esters is 1. The highest BCUT2D eigenvalue weighted by atomic mass is 16.6. The molecule has 17 heavy (non-hydrogen) atoms. The minimum absolute atomic E-state index is 0.148. The van der Waals surface area contributed by atoms with E-state index in [1.807, 2.05) is 32.9 Å². The van der Waals surface area contributed by atoms with Gasteiger partial charge in [0.2, 0.25) is 0 Å². The van der Waals surface area contributed by atoms with Crippen LogP contribution in [0.5, 0.6) is 0 Å². The summed E-state index contributed by atoms with van der Waals surface area (Å²) in [6.07, 6.45) is 0. The Morgan fingerprint density at radius 3 is 2.24 bits per heavy atom. The van der Waals surface area contributed by atoms with E-state index in [0.29, 0.717) is 6.54 Å². The lowest BCUT2D eigenvalue weighted by Gasteiger charge is -2.22. The quantitative estimate of drug-likeness (QED) is 0.734. The van der Waals surface area contributed by atoms with Crippen molar-refractivity contribution in [3.63, 3.8) is 0 Å². The highest BCUT2D eigenvalue weighted by molar-refractivity contribution is 5.72. The molecule has 92 valence electrons. The SMILES string of the molecule is CC(C)(C)OC(=O)CN1Cc2ccccc2C1. The van der Waals surface area contributed by atoms with Crippen LogP contribution in [0.4, 0.5) is 0 Å². The number of hydrogen-bond acceptors (Lipinski definition) is 3. The topological polar surface area (TPSA) is 29.5 Å². The summed E-state index contributed by atoms with van der Waals surface area (Å²) in [6, 6.07) is 8.31. The Kier molecular flexibility index (Phi) is 3.20. The summed E-state index contributed by atoms with van der Waals surface area (Å²) in [7, 11) is 0.